The van der Waals surface area contributed by atoms with Crippen LogP contribution in [0.1, 0.15) is 74.4 Å². The highest BCUT2D eigenvalue weighted by atomic mass is 32.1. The number of nitrogens with one attached hydrogen (secondary N) is 1. The minimum Gasteiger partial charge on any atom is -0.305 e. The van der Waals surface area contributed by atoms with E-state index in [0.29, 0.717) is 0 Å². The van der Waals surface area contributed by atoms with Gasteiger partial charge in [-0.1, -0.05) is 26.7 Å². The SMILES string of the molecule is CCCNC1(c2nc3c(s2)CCCC3)CCCC(C)C1. The van der Waals surface area contributed by atoms with Gasteiger partial charge < -0.3 is 5.32 Å². The van der Waals surface area contributed by atoms with Crippen molar-refractivity contribution in [2.75, 3.05) is 6.54 Å². The molecule has 0 radical (unpaired) electrons. The number of aryl methyl sites for hydroxylation is 2. The summed E-state index contributed by atoms with van der Waals surface area (Å²) in [5.74, 6) is 0.828. The Morgan fingerprint density at radius 2 is 2.15 bits per heavy atom. The van der Waals surface area contributed by atoms with Crippen molar-refractivity contribution < 1.29 is 0 Å². The first-order valence-corrected chi connectivity index (χ1v) is 9.29. The van der Waals surface area contributed by atoms with Gasteiger partial charge in [-0.3, -0.25) is 0 Å². The van der Waals surface area contributed by atoms with Crippen LogP contribution in [0.2, 0.25) is 0 Å². The van der Waals surface area contributed by atoms with E-state index >= 15 is 0 Å². The number of rotatable bonds is 4. The second kappa shape index (κ2) is 6.15. The van der Waals surface area contributed by atoms with Crippen LogP contribution in [0.25, 0.3) is 0 Å². The molecule has 0 amide bonds. The van der Waals surface area contributed by atoms with Crippen molar-refractivity contribution in [1.29, 1.82) is 0 Å². The van der Waals surface area contributed by atoms with Gasteiger partial charge in [-0.25, -0.2) is 4.98 Å². The van der Waals surface area contributed by atoms with Crippen molar-refractivity contribution in [3.8, 4) is 0 Å². The predicted molar refractivity (Wildman–Crippen MR) is 86.4 cm³/mol. The summed E-state index contributed by atoms with van der Waals surface area (Å²) < 4.78 is 0. The van der Waals surface area contributed by atoms with Gasteiger partial charge in [-0.05, 0) is 57.4 Å². The largest absolute Gasteiger partial charge is 0.305 e. The van der Waals surface area contributed by atoms with Crippen molar-refractivity contribution in [3.63, 3.8) is 0 Å². The number of hydrogen-bond donors (Lipinski definition) is 1. The molecule has 1 fully saturated rings. The molecule has 0 saturated heterocycles. The standard InChI is InChI=1S/C17H28N2S/c1-3-11-18-17(10-6-7-13(2)12-17)16-19-14-8-4-5-9-15(14)20-16/h13,18H,3-12H2,1-2H3. The number of hydrogen-bond acceptors (Lipinski definition) is 3. The third-order valence-corrected chi connectivity index (χ3v) is 6.33. The van der Waals surface area contributed by atoms with Crippen LogP contribution >= 0.6 is 11.3 Å². The van der Waals surface area contributed by atoms with Crippen LogP contribution in [0.3, 0.4) is 0 Å². The lowest BCUT2D eigenvalue weighted by Gasteiger charge is -2.39. The summed E-state index contributed by atoms with van der Waals surface area (Å²) in [7, 11) is 0. The third kappa shape index (κ3) is 2.80. The van der Waals surface area contributed by atoms with Gasteiger partial charge in [0.25, 0.3) is 0 Å². The zero-order valence-electron chi connectivity index (χ0n) is 13.0. The number of thiazole rings is 1. The first-order chi connectivity index (χ1) is 9.73. The third-order valence-electron chi connectivity index (χ3n) is 4.97. The van der Waals surface area contributed by atoms with Crippen molar-refractivity contribution >= 4 is 11.3 Å². The zero-order chi connectivity index (χ0) is 14.0. The molecule has 1 saturated carbocycles. The quantitative estimate of drug-likeness (QED) is 0.888. The maximum Gasteiger partial charge on any atom is 0.113 e. The first-order valence-electron chi connectivity index (χ1n) is 8.47. The van der Waals surface area contributed by atoms with Crippen LogP contribution < -0.4 is 5.32 Å². The second-order valence-electron chi connectivity index (χ2n) is 6.81. The molecule has 0 aliphatic heterocycles. The lowest BCUT2D eigenvalue weighted by atomic mass is 9.76. The van der Waals surface area contributed by atoms with Gasteiger partial charge in [0.1, 0.15) is 5.01 Å². The van der Waals surface area contributed by atoms with Gasteiger partial charge in [0.05, 0.1) is 11.2 Å². The van der Waals surface area contributed by atoms with E-state index in [1.165, 1.54) is 68.5 Å². The molecule has 0 aromatic carbocycles. The molecule has 3 rings (SSSR count). The Kier molecular flexibility index (Phi) is 4.46. The van der Waals surface area contributed by atoms with Crippen molar-refractivity contribution in [2.24, 2.45) is 5.92 Å². The molecule has 2 aliphatic carbocycles. The van der Waals surface area contributed by atoms with Crippen LogP contribution in [-0.2, 0) is 18.4 Å². The van der Waals surface area contributed by atoms with Crippen molar-refractivity contribution in [2.45, 2.75) is 77.2 Å². The maximum absolute atomic E-state index is 5.09. The Morgan fingerprint density at radius 1 is 1.30 bits per heavy atom. The molecule has 2 aliphatic rings. The fraction of sp³-hybridized carbons (Fsp3) is 0.824. The minimum atomic E-state index is 0.190. The van der Waals surface area contributed by atoms with E-state index in [1.54, 1.807) is 4.88 Å². The van der Waals surface area contributed by atoms with E-state index in [1.807, 2.05) is 11.3 Å². The normalized spacial score (nSPS) is 30.2. The van der Waals surface area contributed by atoms with Gasteiger partial charge in [-0.2, -0.15) is 0 Å². The molecular formula is C17H28N2S. The summed E-state index contributed by atoms with van der Waals surface area (Å²) in [6.45, 7) is 5.80. The van der Waals surface area contributed by atoms with Crippen LogP contribution in [0.5, 0.6) is 0 Å². The highest BCUT2D eigenvalue weighted by molar-refractivity contribution is 7.11. The predicted octanol–water partition coefficient (Wildman–Crippen LogP) is 4.43. The summed E-state index contributed by atoms with van der Waals surface area (Å²) >= 11 is 2.02. The number of nitrogens with zero attached hydrogens (tertiary/aromatic N) is 1. The van der Waals surface area contributed by atoms with E-state index in [4.69, 9.17) is 4.98 Å². The van der Waals surface area contributed by atoms with Crippen molar-refractivity contribution in [3.05, 3.63) is 15.6 Å². The molecule has 3 heteroatoms. The smallest absolute Gasteiger partial charge is 0.113 e. The Balaban J connectivity index is 1.89. The van der Waals surface area contributed by atoms with Gasteiger partial charge >= 0.3 is 0 Å². The second-order valence-corrected chi connectivity index (χ2v) is 7.89. The van der Waals surface area contributed by atoms with E-state index in [9.17, 15) is 0 Å². The monoisotopic (exact) mass is 292 g/mol. The summed E-state index contributed by atoms with van der Waals surface area (Å²) in [5.41, 5.74) is 1.61. The molecule has 2 nitrogen and oxygen atoms in total. The van der Waals surface area contributed by atoms with E-state index < -0.39 is 0 Å². The molecule has 0 spiro atoms. The van der Waals surface area contributed by atoms with E-state index in [2.05, 4.69) is 19.2 Å². The molecule has 1 aromatic heterocycles. The minimum absolute atomic E-state index is 0.190. The van der Waals surface area contributed by atoms with Crippen LogP contribution in [0.4, 0.5) is 0 Å². The topological polar surface area (TPSA) is 24.9 Å². The highest BCUT2D eigenvalue weighted by Gasteiger charge is 2.39. The van der Waals surface area contributed by atoms with Gasteiger partial charge in [0, 0.05) is 4.88 Å². The Labute approximate surface area is 127 Å². The number of aromatic nitrogens is 1. The summed E-state index contributed by atoms with van der Waals surface area (Å²) in [4.78, 5) is 6.68. The fourth-order valence-electron chi connectivity index (χ4n) is 3.90. The van der Waals surface area contributed by atoms with Crippen LogP contribution in [-0.4, -0.2) is 11.5 Å². The molecule has 1 heterocycles. The Morgan fingerprint density at radius 3 is 2.90 bits per heavy atom. The molecule has 1 N–H and O–H groups in total. The average molecular weight is 292 g/mol. The molecule has 112 valence electrons. The molecular weight excluding hydrogens is 264 g/mol. The molecule has 20 heavy (non-hydrogen) atoms. The lowest BCUT2D eigenvalue weighted by Crippen LogP contribution is -2.46. The molecule has 0 bridgehead atoms. The summed E-state index contributed by atoms with van der Waals surface area (Å²) in [6.07, 6.45) is 11.7. The summed E-state index contributed by atoms with van der Waals surface area (Å²) in [5, 5.41) is 5.30. The zero-order valence-corrected chi connectivity index (χ0v) is 13.8. The summed E-state index contributed by atoms with van der Waals surface area (Å²) in [6, 6.07) is 0. The lowest BCUT2D eigenvalue weighted by molar-refractivity contribution is 0.187. The van der Waals surface area contributed by atoms with Crippen LogP contribution in [0.15, 0.2) is 0 Å². The van der Waals surface area contributed by atoms with Crippen LogP contribution in [0, 0.1) is 5.92 Å². The Bertz CT molecular complexity index is 430. The van der Waals surface area contributed by atoms with E-state index in [-0.39, 0.29) is 5.54 Å². The molecule has 1 aromatic rings. The first kappa shape index (κ1) is 14.5. The molecule has 2 unspecified atom stereocenters. The van der Waals surface area contributed by atoms with Gasteiger partial charge in [0.2, 0.25) is 0 Å². The fourth-order valence-corrected chi connectivity index (χ4v) is 5.26. The van der Waals surface area contributed by atoms with Crippen molar-refractivity contribution in [1.82, 2.24) is 10.3 Å². The van der Waals surface area contributed by atoms with Gasteiger partial charge in [-0.15, -0.1) is 11.3 Å². The van der Waals surface area contributed by atoms with Gasteiger partial charge in [0.15, 0.2) is 0 Å². The average Bonchev–Trinajstić information content (AvgIpc) is 2.90. The Hall–Kier alpha value is -0.410. The highest BCUT2D eigenvalue weighted by Crippen LogP contribution is 2.43. The maximum atomic E-state index is 5.09. The number of fused-ring (bicyclic) bond motifs is 1. The van der Waals surface area contributed by atoms with E-state index in [0.717, 1.165) is 12.5 Å². The molecule has 2 atom stereocenters.